The van der Waals surface area contributed by atoms with E-state index in [1.165, 1.54) is 0 Å². The van der Waals surface area contributed by atoms with Crippen LogP contribution in [0.2, 0.25) is 0 Å². The summed E-state index contributed by atoms with van der Waals surface area (Å²) in [5.41, 5.74) is 0. The van der Waals surface area contributed by atoms with Gasteiger partial charge in [-0.3, -0.25) is 4.79 Å². The molecule has 0 saturated carbocycles. The first-order chi connectivity index (χ1) is 14.7. The fourth-order valence-corrected chi connectivity index (χ4v) is 4.01. The first-order valence-corrected chi connectivity index (χ1v) is 10.4. The second-order valence-corrected chi connectivity index (χ2v) is 7.98. The van der Waals surface area contributed by atoms with Gasteiger partial charge in [0.2, 0.25) is 10.8 Å². The molecule has 0 aromatic heterocycles. The molecule has 12 nitrogen and oxygen atoms in total. The molecule has 1 rings (SSSR count). The van der Waals surface area contributed by atoms with Crippen LogP contribution in [0.25, 0.3) is 0 Å². The van der Waals surface area contributed by atoms with Crippen molar-refractivity contribution >= 4 is 23.6 Å². The number of terminal acetylenes is 1. The third kappa shape index (κ3) is 8.19. The van der Waals surface area contributed by atoms with Crippen molar-refractivity contribution in [1.82, 2.24) is 5.32 Å². The molecule has 0 spiro atoms. The summed E-state index contributed by atoms with van der Waals surface area (Å²) in [6, 6.07) is -1.34. The van der Waals surface area contributed by atoms with E-state index >= 15 is 0 Å². The minimum Gasteiger partial charge on any atom is -0.478 e. The molecule has 1 heterocycles. The summed E-state index contributed by atoms with van der Waals surface area (Å²) >= 11 is 0.795. The summed E-state index contributed by atoms with van der Waals surface area (Å²) in [6.45, 7) is -1.05. The number of rotatable bonds is 14. The third-order valence-corrected chi connectivity index (χ3v) is 5.68. The van der Waals surface area contributed by atoms with Gasteiger partial charge in [0.15, 0.2) is 0 Å². The highest BCUT2D eigenvalue weighted by Gasteiger charge is 2.55. The second kappa shape index (κ2) is 13.8. The second-order valence-electron chi connectivity index (χ2n) is 6.62. The van der Waals surface area contributed by atoms with Gasteiger partial charge in [-0.05, 0) is 0 Å². The standard InChI is InChI=1S/C18H29NO11S/c1-2-3-28-4-5-29-6-7-31-18(17(26)27)8-11(22)14(19-13(24)10-21)16(30-18)15(25)12(23)9-20/h1,11-12,14-16,20-23,25H,3-10H2,(H,19,24)(H,26,27)/t11-,12+,14+,15+,16+,18-/m1/s1. The van der Waals surface area contributed by atoms with Gasteiger partial charge >= 0.3 is 5.97 Å². The zero-order valence-electron chi connectivity index (χ0n) is 16.8. The van der Waals surface area contributed by atoms with E-state index in [-0.39, 0.29) is 32.2 Å². The van der Waals surface area contributed by atoms with E-state index in [1.807, 2.05) is 0 Å². The van der Waals surface area contributed by atoms with Crippen LogP contribution in [0.4, 0.5) is 0 Å². The molecule has 0 radical (unpaired) electrons. The van der Waals surface area contributed by atoms with Crippen molar-refractivity contribution in [2.75, 3.05) is 45.4 Å². The Morgan fingerprint density at radius 2 is 1.94 bits per heavy atom. The van der Waals surface area contributed by atoms with Crippen molar-refractivity contribution in [3.05, 3.63) is 0 Å². The largest absolute Gasteiger partial charge is 0.478 e. The number of aliphatic carboxylic acids is 1. The number of carboxylic acids is 1. The Balaban J connectivity index is 2.87. The van der Waals surface area contributed by atoms with E-state index in [9.17, 15) is 30.0 Å². The molecule has 178 valence electrons. The van der Waals surface area contributed by atoms with Crippen LogP contribution in [0.15, 0.2) is 0 Å². The fourth-order valence-electron chi connectivity index (χ4n) is 2.89. The number of amides is 1. The molecule has 13 heteroatoms. The number of aliphatic hydroxyl groups excluding tert-OH is 5. The van der Waals surface area contributed by atoms with Gasteiger partial charge in [0.05, 0.1) is 38.6 Å². The average molecular weight is 467 g/mol. The summed E-state index contributed by atoms with van der Waals surface area (Å²) in [7, 11) is 0. The Labute approximate surface area is 183 Å². The van der Waals surface area contributed by atoms with Gasteiger partial charge in [-0.25, -0.2) is 4.79 Å². The van der Waals surface area contributed by atoms with E-state index in [0.29, 0.717) is 0 Å². The lowest BCUT2D eigenvalue weighted by Crippen LogP contribution is -2.66. The quantitative estimate of drug-likeness (QED) is 0.0985. The van der Waals surface area contributed by atoms with Crippen LogP contribution in [0.1, 0.15) is 6.42 Å². The molecule has 7 N–H and O–H groups in total. The minimum atomic E-state index is -2.02. The topological polar surface area (TPSA) is 195 Å². The summed E-state index contributed by atoms with van der Waals surface area (Å²) in [6.07, 6.45) is -2.09. The summed E-state index contributed by atoms with van der Waals surface area (Å²) in [5, 5.41) is 60.7. The Hall–Kier alpha value is -1.47. The number of nitrogens with one attached hydrogen (secondary N) is 1. The van der Waals surface area contributed by atoms with Crippen LogP contribution < -0.4 is 5.32 Å². The maximum absolute atomic E-state index is 12.0. The highest BCUT2D eigenvalue weighted by atomic mass is 32.2. The molecule has 0 aliphatic carbocycles. The minimum absolute atomic E-state index is 0.121. The summed E-state index contributed by atoms with van der Waals surface area (Å²) in [5.74, 6) is 0.0783. The smallest absolute Gasteiger partial charge is 0.346 e. The van der Waals surface area contributed by atoms with E-state index in [0.717, 1.165) is 11.8 Å². The van der Waals surface area contributed by atoms with Crippen molar-refractivity contribution < 1.29 is 54.4 Å². The number of hydrogen-bond donors (Lipinski definition) is 7. The number of ether oxygens (including phenoxy) is 3. The third-order valence-electron chi connectivity index (χ3n) is 4.41. The monoisotopic (exact) mass is 467 g/mol. The van der Waals surface area contributed by atoms with Crippen molar-refractivity contribution in [2.24, 2.45) is 0 Å². The molecule has 1 fully saturated rings. The van der Waals surface area contributed by atoms with Crippen molar-refractivity contribution in [3.8, 4) is 12.3 Å². The van der Waals surface area contributed by atoms with E-state index in [4.69, 9.17) is 30.8 Å². The maximum Gasteiger partial charge on any atom is 0.346 e. The van der Waals surface area contributed by atoms with Crippen LogP contribution in [0.5, 0.6) is 0 Å². The van der Waals surface area contributed by atoms with Gasteiger partial charge in [0.25, 0.3) is 0 Å². The zero-order valence-corrected chi connectivity index (χ0v) is 17.6. The predicted octanol–water partition coefficient (Wildman–Crippen LogP) is -3.49. The molecule has 6 atom stereocenters. The molecule has 0 aromatic rings. The van der Waals surface area contributed by atoms with Gasteiger partial charge in [0, 0.05) is 12.2 Å². The van der Waals surface area contributed by atoms with Crippen molar-refractivity contribution in [3.63, 3.8) is 0 Å². The highest BCUT2D eigenvalue weighted by Crippen LogP contribution is 2.40. The lowest BCUT2D eigenvalue weighted by Gasteiger charge is -2.46. The molecule has 0 unspecified atom stereocenters. The average Bonchev–Trinajstić information content (AvgIpc) is 2.75. The summed E-state index contributed by atoms with van der Waals surface area (Å²) < 4.78 is 15.9. The van der Waals surface area contributed by atoms with Gasteiger partial charge in [0.1, 0.15) is 31.5 Å². The molecule has 1 amide bonds. The Morgan fingerprint density at radius 3 is 2.52 bits per heavy atom. The van der Waals surface area contributed by atoms with Gasteiger partial charge < -0.3 is 50.2 Å². The van der Waals surface area contributed by atoms with Crippen molar-refractivity contribution in [1.29, 1.82) is 0 Å². The zero-order chi connectivity index (χ0) is 23.4. The Morgan fingerprint density at radius 1 is 1.26 bits per heavy atom. The fraction of sp³-hybridized carbons (Fsp3) is 0.778. The van der Waals surface area contributed by atoms with Gasteiger partial charge in [-0.2, -0.15) is 0 Å². The first kappa shape index (κ1) is 27.6. The number of carboxylic acid groups (broad SMARTS) is 1. The van der Waals surface area contributed by atoms with Crippen LogP contribution in [-0.2, 0) is 23.8 Å². The predicted molar refractivity (Wildman–Crippen MR) is 107 cm³/mol. The SMILES string of the molecule is C#CCOCCOCCS[C@@]1(C(=O)O)C[C@@H](O)[C@H](NC(=O)CO)[C@@H]([C@@H](O)[C@@H](O)CO)O1. The molecular formula is C18H29NO11S. The van der Waals surface area contributed by atoms with Gasteiger partial charge in [-0.15, -0.1) is 18.2 Å². The van der Waals surface area contributed by atoms with Crippen molar-refractivity contribution in [2.45, 2.75) is 41.8 Å². The van der Waals surface area contributed by atoms with Crippen LogP contribution in [0.3, 0.4) is 0 Å². The molecule has 1 aliphatic rings. The van der Waals surface area contributed by atoms with Gasteiger partial charge in [-0.1, -0.05) is 5.92 Å². The number of carbonyl (C=O) groups excluding carboxylic acids is 1. The van der Waals surface area contributed by atoms with E-state index < -0.39 is 66.9 Å². The molecule has 0 aromatic carbocycles. The van der Waals surface area contributed by atoms with E-state index in [1.54, 1.807) is 0 Å². The number of aliphatic hydroxyl groups is 5. The molecular weight excluding hydrogens is 438 g/mol. The Kier molecular flexibility index (Phi) is 12.3. The highest BCUT2D eigenvalue weighted by molar-refractivity contribution is 8.01. The van der Waals surface area contributed by atoms with Crippen LogP contribution in [0, 0.1) is 12.3 Å². The number of hydrogen-bond acceptors (Lipinski definition) is 11. The first-order valence-electron chi connectivity index (χ1n) is 9.41. The lowest BCUT2D eigenvalue weighted by molar-refractivity contribution is -0.205. The number of carbonyl (C=O) groups is 2. The summed E-state index contributed by atoms with van der Waals surface area (Å²) in [4.78, 5) is 21.6. The normalized spacial score (nSPS) is 27.8. The lowest BCUT2D eigenvalue weighted by atomic mass is 9.89. The van der Waals surface area contributed by atoms with Crippen LogP contribution in [-0.4, -0.2) is 123 Å². The van der Waals surface area contributed by atoms with Crippen LogP contribution >= 0.6 is 11.8 Å². The Bertz CT molecular complexity index is 616. The number of thioether (sulfide) groups is 1. The van der Waals surface area contributed by atoms with E-state index in [2.05, 4.69) is 11.2 Å². The molecule has 0 bridgehead atoms. The molecule has 1 aliphatic heterocycles. The maximum atomic E-state index is 12.0. The molecule has 31 heavy (non-hydrogen) atoms. The molecule has 1 saturated heterocycles.